The van der Waals surface area contributed by atoms with E-state index in [0.29, 0.717) is 6.42 Å². The number of nitrogen functional groups attached to an aromatic ring is 1. The minimum absolute atomic E-state index is 0.0101. The van der Waals surface area contributed by atoms with Crippen LogP contribution in [0.15, 0.2) is 48.5 Å². The normalized spacial score (nSPS) is 19.7. The van der Waals surface area contributed by atoms with E-state index < -0.39 is 11.6 Å². The lowest BCUT2D eigenvalue weighted by Gasteiger charge is -2.33. The Bertz CT molecular complexity index is 1230. The zero-order chi connectivity index (χ0) is 22.3. The Morgan fingerprint density at radius 2 is 1.88 bits per heavy atom. The van der Waals surface area contributed by atoms with Gasteiger partial charge in [-0.05, 0) is 48.9 Å². The number of rotatable bonds is 4. The van der Waals surface area contributed by atoms with Crippen molar-refractivity contribution < 1.29 is 9.59 Å². The molecule has 0 radical (unpaired) electrons. The number of aryl methyl sites for hydroxylation is 2. The highest BCUT2D eigenvalue weighted by molar-refractivity contribution is 6.07. The van der Waals surface area contributed by atoms with Gasteiger partial charge in [0.15, 0.2) is 5.82 Å². The number of nitrogens with zero attached hydrogens (tertiary/aromatic N) is 4. The van der Waals surface area contributed by atoms with Crippen LogP contribution in [-0.2, 0) is 23.3 Å². The molecule has 0 saturated carbocycles. The highest BCUT2D eigenvalue weighted by Gasteiger charge is 2.54. The van der Waals surface area contributed by atoms with E-state index in [1.165, 1.54) is 0 Å². The van der Waals surface area contributed by atoms with Crippen LogP contribution in [0.25, 0.3) is 0 Å². The highest BCUT2D eigenvalue weighted by Crippen LogP contribution is 2.40. The first-order valence-electron chi connectivity index (χ1n) is 10.5. The molecule has 2 aliphatic rings. The SMILES string of the molecule is Cc1ccccc1Nc1nc(N)nc(CN2C(=O)NC3(CCCc4ccccc43)C2=O)n1. The Balaban J connectivity index is 1.43. The van der Waals surface area contributed by atoms with Crippen molar-refractivity contribution in [1.82, 2.24) is 25.2 Å². The Labute approximate surface area is 185 Å². The van der Waals surface area contributed by atoms with Gasteiger partial charge in [0.2, 0.25) is 11.9 Å². The summed E-state index contributed by atoms with van der Waals surface area (Å²) in [5.74, 6) is 0.211. The van der Waals surface area contributed by atoms with E-state index in [1.807, 2.05) is 55.5 Å². The van der Waals surface area contributed by atoms with E-state index in [1.54, 1.807) is 0 Å². The van der Waals surface area contributed by atoms with Crippen molar-refractivity contribution in [3.63, 3.8) is 0 Å². The maximum Gasteiger partial charge on any atom is 0.325 e. The first kappa shape index (κ1) is 19.9. The number of anilines is 3. The number of nitrogens with one attached hydrogen (secondary N) is 2. The van der Waals surface area contributed by atoms with Crippen molar-refractivity contribution in [2.75, 3.05) is 11.1 Å². The van der Waals surface area contributed by atoms with Crippen molar-refractivity contribution in [3.05, 3.63) is 71.0 Å². The summed E-state index contributed by atoms with van der Waals surface area (Å²) in [6, 6.07) is 15.0. The third-order valence-electron chi connectivity index (χ3n) is 6.04. The Kier molecular flexibility index (Phi) is 4.73. The van der Waals surface area contributed by atoms with Gasteiger partial charge >= 0.3 is 6.03 Å². The molecular weight excluding hydrogens is 406 g/mol. The summed E-state index contributed by atoms with van der Waals surface area (Å²) in [6.45, 7) is 1.87. The Hall–Kier alpha value is -4.01. The molecule has 1 aliphatic heterocycles. The lowest BCUT2D eigenvalue weighted by Crippen LogP contribution is -2.46. The predicted molar refractivity (Wildman–Crippen MR) is 119 cm³/mol. The van der Waals surface area contributed by atoms with Crippen LogP contribution in [0.1, 0.15) is 35.4 Å². The molecule has 4 N–H and O–H groups in total. The number of benzene rings is 2. The zero-order valence-corrected chi connectivity index (χ0v) is 17.6. The molecule has 3 aromatic rings. The first-order valence-corrected chi connectivity index (χ1v) is 10.5. The van der Waals surface area contributed by atoms with Crippen LogP contribution < -0.4 is 16.4 Å². The predicted octanol–water partition coefficient (Wildman–Crippen LogP) is 2.79. The number of hydrogen-bond donors (Lipinski definition) is 3. The van der Waals surface area contributed by atoms with Crippen LogP contribution in [-0.4, -0.2) is 31.8 Å². The van der Waals surface area contributed by atoms with E-state index >= 15 is 0 Å². The average Bonchev–Trinajstić information content (AvgIpc) is 3.00. The van der Waals surface area contributed by atoms with Crippen molar-refractivity contribution >= 4 is 29.5 Å². The van der Waals surface area contributed by atoms with E-state index in [2.05, 4.69) is 25.6 Å². The molecule has 9 heteroatoms. The number of carbonyl (C=O) groups is 2. The van der Waals surface area contributed by atoms with Crippen LogP contribution in [0.5, 0.6) is 0 Å². The molecule has 32 heavy (non-hydrogen) atoms. The van der Waals surface area contributed by atoms with Crippen molar-refractivity contribution in [2.45, 2.75) is 38.3 Å². The number of fused-ring (bicyclic) bond motifs is 2. The van der Waals surface area contributed by atoms with Crippen molar-refractivity contribution in [3.8, 4) is 0 Å². The second-order valence-electron chi connectivity index (χ2n) is 8.11. The second-order valence-corrected chi connectivity index (χ2v) is 8.11. The molecule has 3 amide bonds. The van der Waals surface area contributed by atoms with Gasteiger partial charge in [0.1, 0.15) is 5.54 Å². The van der Waals surface area contributed by atoms with Gasteiger partial charge in [0.05, 0.1) is 6.54 Å². The van der Waals surface area contributed by atoms with Gasteiger partial charge < -0.3 is 16.4 Å². The minimum atomic E-state index is -1.03. The summed E-state index contributed by atoms with van der Waals surface area (Å²) in [5, 5.41) is 6.07. The smallest absolute Gasteiger partial charge is 0.325 e. The van der Waals surface area contributed by atoms with Gasteiger partial charge in [-0.1, -0.05) is 42.5 Å². The van der Waals surface area contributed by atoms with Crippen LogP contribution in [0.3, 0.4) is 0 Å². The van der Waals surface area contributed by atoms with Gasteiger partial charge in [-0.15, -0.1) is 0 Å². The van der Waals surface area contributed by atoms with Crippen LogP contribution in [0, 0.1) is 6.92 Å². The zero-order valence-electron chi connectivity index (χ0n) is 17.6. The third-order valence-corrected chi connectivity index (χ3v) is 6.04. The van der Waals surface area contributed by atoms with Gasteiger partial charge in [0.25, 0.3) is 5.91 Å². The highest BCUT2D eigenvalue weighted by atomic mass is 16.2. The maximum atomic E-state index is 13.5. The minimum Gasteiger partial charge on any atom is -0.368 e. The molecule has 1 saturated heterocycles. The summed E-state index contributed by atoms with van der Waals surface area (Å²) in [7, 11) is 0. The fourth-order valence-electron chi connectivity index (χ4n) is 4.49. The quantitative estimate of drug-likeness (QED) is 0.544. The molecule has 1 spiro atoms. The van der Waals surface area contributed by atoms with E-state index in [4.69, 9.17) is 5.73 Å². The molecule has 1 fully saturated rings. The van der Waals surface area contributed by atoms with Crippen LogP contribution >= 0.6 is 0 Å². The number of amides is 3. The molecule has 1 aliphatic carbocycles. The van der Waals surface area contributed by atoms with Gasteiger partial charge in [0, 0.05) is 5.69 Å². The summed E-state index contributed by atoms with van der Waals surface area (Å²) in [5.41, 5.74) is 8.65. The molecule has 9 nitrogen and oxygen atoms in total. The van der Waals surface area contributed by atoms with Gasteiger partial charge in [-0.3, -0.25) is 9.69 Å². The van der Waals surface area contributed by atoms with E-state index in [9.17, 15) is 9.59 Å². The Morgan fingerprint density at radius 3 is 2.72 bits per heavy atom. The van der Waals surface area contributed by atoms with Gasteiger partial charge in [-0.25, -0.2) is 4.79 Å². The average molecular weight is 429 g/mol. The molecule has 1 unspecified atom stereocenters. The topological polar surface area (TPSA) is 126 Å². The monoisotopic (exact) mass is 429 g/mol. The number of aromatic nitrogens is 3. The Morgan fingerprint density at radius 1 is 1.09 bits per heavy atom. The molecule has 1 atom stereocenters. The number of nitrogens with two attached hydrogens (primary N) is 1. The lowest BCUT2D eigenvalue weighted by atomic mass is 9.76. The van der Waals surface area contributed by atoms with Crippen molar-refractivity contribution in [2.24, 2.45) is 0 Å². The molecular formula is C23H23N7O2. The lowest BCUT2D eigenvalue weighted by molar-refractivity contribution is -0.132. The number of hydrogen-bond acceptors (Lipinski definition) is 7. The number of carbonyl (C=O) groups excluding carboxylic acids is 2. The number of para-hydroxylation sites is 1. The van der Waals surface area contributed by atoms with Crippen LogP contribution in [0.2, 0.25) is 0 Å². The van der Waals surface area contributed by atoms with Gasteiger partial charge in [-0.2, -0.15) is 15.0 Å². The molecule has 2 heterocycles. The summed E-state index contributed by atoms with van der Waals surface area (Å²) >= 11 is 0. The fraction of sp³-hybridized carbons (Fsp3) is 0.261. The third kappa shape index (κ3) is 3.31. The van der Waals surface area contributed by atoms with Crippen LogP contribution in [0.4, 0.5) is 22.4 Å². The largest absolute Gasteiger partial charge is 0.368 e. The second kappa shape index (κ2) is 7.60. The first-order chi connectivity index (χ1) is 15.5. The maximum absolute atomic E-state index is 13.5. The standard InChI is InChI=1S/C23H23N7O2/c1-14-7-2-5-11-17(14)25-21-27-18(26-20(24)28-21)13-30-19(31)23(29-22(30)32)12-6-9-15-8-3-4-10-16(15)23/h2-5,7-8,10-11H,6,9,12-13H2,1H3,(H,29,32)(H3,24,25,26,27,28). The number of urea groups is 1. The summed E-state index contributed by atoms with van der Waals surface area (Å²) in [4.78, 5) is 40.2. The van der Waals surface area contributed by atoms with E-state index in [0.717, 1.165) is 40.1 Å². The molecule has 0 bridgehead atoms. The van der Waals surface area contributed by atoms with E-state index in [-0.39, 0.29) is 30.2 Å². The van der Waals surface area contributed by atoms with Crippen molar-refractivity contribution in [1.29, 1.82) is 0 Å². The summed E-state index contributed by atoms with van der Waals surface area (Å²) in [6.07, 6.45) is 2.27. The molecule has 162 valence electrons. The molecule has 1 aromatic heterocycles. The molecule has 5 rings (SSSR count). The fourth-order valence-corrected chi connectivity index (χ4v) is 4.49. The molecule has 2 aromatic carbocycles. The summed E-state index contributed by atoms with van der Waals surface area (Å²) < 4.78 is 0. The number of imide groups is 1.